The van der Waals surface area contributed by atoms with Gasteiger partial charge in [0.1, 0.15) is 0 Å². The number of aryl methyl sites for hydroxylation is 1. The fourth-order valence-corrected chi connectivity index (χ4v) is 5.44. The van der Waals surface area contributed by atoms with E-state index in [1.807, 2.05) is 30.0 Å². The normalized spacial score (nSPS) is 14.2. The summed E-state index contributed by atoms with van der Waals surface area (Å²) in [5.41, 5.74) is 3.55. The van der Waals surface area contributed by atoms with Crippen LogP contribution in [0.3, 0.4) is 0 Å². The van der Waals surface area contributed by atoms with E-state index >= 15 is 0 Å². The number of fused-ring (bicyclic) bond motifs is 1. The maximum absolute atomic E-state index is 12.5. The number of anilines is 1. The lowest BCUT2D eigenvalue weighted by Crippen LogP contribution is -2.35. The van der Waals surface area contributed by atoms with Crippen LogP contribution >= 0.6 is 27.5 Å². The molecular formula is C20H22BrClN2O3S. The Hall–Kier alpha value is -1.41. The Bertz CT molecular complexity index is 995. The van der Waals surface area contributed by atoms with Gasteiger partial charge in [-0.2, -0.15) is 0 Å². The number of carbonyl (C=O) groups is 1. The summed E-state index contributed by atoms with van der Waals surface area (Å²) in [6.45, 7) is 2.96. The van der Waals surface area contributed by atoms with E-state index < -0.39 is 10.0 Å². The molecule has 1 N–H and O–H groups in total. The molecule has 28 heavy (non-hydrogen) atoms. The molecule has 1 amide bonds. The third kappa shape index (κ3) is 5.14. The molecule has 8 heteroatoms. The van der Waals surface area contributed by atoms with Crippen molar-refractivity contribution in [2.24, 2.45) is 0 Å². The number of amides is 1. The predicted octanol–water partition coefficient (Wildman–Crippen LogP) is 4.41. The molecule has 0 radical (unpaired) electrons. The van der Waals surface area contributed by atoms with E-state index in [9.17, 15) is 13.2 Å². The standard InChI is InChI=1S/C20H22BrClN2O3S/c1-2-9-24-19-7-3-14(10-15(19)5-8-20(24)25)12-23-28(26,27)13-16-4-6-17(22)11-18(16)21/h3-4,6-7,10-11,23H,2,5,8-9,12-13H2,1H3. The van der Waals surface area contributed by atoms with Crippen molar-refractivity contribution >= 4 is 49.1 Å². The van der Waals surface area contributed by atoms with E-state index in [-0.39, 0.29) is 18.2 Å². The van der Waals surface area contributed by atoms with Gasteiger partial charge in [0.25, 0.3) is 0 Å². The second-order valence-corrected chi connectivity index (χ2v) is 9.92. The molecule has 1 aliphatic rings. The van der Waals surface area contributed by atoms with Crippen molar-refractivity contribution in [2.45, 2.75) is 38.5 Å². The number of hydrogen-bond donors (Lipinski definition) is 1. The minimum atomic E-state index is -3.51. The molecule has 0 bridgehead atoms. The van der Waals surface area contributed by atoms with Crippen LogP contribution in [0, 0.1) is 0 Å². The van der Waals surface area contributed by atoms with Gasteiger partial charge in [0.15, 0.2) is 0 Å². The van der Waals surface area contributed by atoms with E-state index in [1.54, 1.807) is 18.2 Å². The largest absolute Gasteiger partial charge is 0.312 e. The molecule has 150 valence electrons. The van der Waals surface area contributed by atoms with E-state index in [0.717, 1.165) is 23.2 Å². The zero-order chi connectivity index (χ0) is 20.3. The molecule has 0 fully saturated rings. The molecular weight excluding hydrogens is 464 g/mol. The van der Waals surface area contributed by atoms with Gasteiger partial charge in [0.2, 0.25) is 15.9 Å². The van der Waals surface area contributed by atoms with Crippen molar-refractivity contribution in [3.63, 3.8) is 0 Å². The van der Waals surface area contributed by atoms with E-state index in [1.165, 1.54) is 0 Å². The lowest BCUT2D eigenvalue weighted by Gasteiger charge is -2.29. The minimum absolute atomic E-state index is 0.130. The maximum Gasteiger partial charge on any atom is 0.227 e. The quantitative estimate of drug-likeness (QED) is 0.632. The average molecular weight is 486 g/mol. The van der Waals surface area contributed by atoms with Crippen molar-refractivity contribution in [3.8, 4) is 0 Å². The van der Waals surface area contributed by atoms with Crippen LogP contribution in [0.2, 0.25) is 5.02 Å². The fraction of sp³-hybridized carbons (Fsp3) is 0.350. The van der Waals surface area contributed by atoms with Crippen LogP contribution in [0.4, 0.5) is 5.69 Å². The summed E-state index contributed by atoms with van der Waals surface area (Å²) in [7, 11) is -3.51. The summed E-state index contributed by atoms with van der Waals surface area (Å²) < 4.78 is 28.2. The lowest BCUT2D eigenvalue weighted by molar-refractivity contribution is -0.118. The number of sulfonamides is 1. The number of nitrogens with one attached hydrogen (secondary N) is 1. The molecule has 0 atom stereocenters. The van der Waals surface area contributed by atoms with Crippen molar-refractivity contribution in [1.82, 2.24) is 4.72 Å². The second-order valence-electron chi connectivity index (χ2n) is 6.82. The fourth-order valence-electron chi connectivity index (χ4n) is 3.28. The average Bonchev–Trinajstić information content (AvgIpc) is 2.65. The number of carbonyl (C=O) groups excluding carboxylic acids is 1. The predicted molar refractivity (Wildman–Crippen MR) is 116 cm³/mol. The number of rotatable bonds is 7. The van der Waals surface area contributed by atoms with E-state index in [0.29, 0.717) is 34.4 Å². The molecule has 1 aliphatic heterocycles. The molecule has 3 rings (SSSR count). The van der Waals surface area contributed by atoms with Crippen molar-refractivity contribution in [1.29, 1.82) is 0 Å². The van der Waals surface area contributed by atoms with E-state index in [2.05, 4.69) is 20.7 Å². The molecule has 0 saturated heterocycles. The number of halogens is 2. The summed E-state index contributed by atoms with van der Waals surface area (Å²) >= 11 is 9.26. The third-order valence-corrected chi connectivity index (χ3v) is 6.90. The Balaban J connectivity index is 1.70. The minimum Gasteiger partial charge on any atom is -0.312 e. The Labute approximate surface area is 179 Å². The zero-order valence-electron chi connectivity index (χ0n) is 15.5. The summed E-state index contributed by atoms with van der Waals surface area (Å²) in [5, 5.41) is 0.547. The van der Waals surface area contributed by atoms with Gasteiger partial charge in [0.05, 0.1) is 5.75 Å². The highest BCUT2D eigenvalue weighted by Gasteiger charge is 2.23. The summed E-state index contributed by atoms with van der Waals surface area (Å²) in [5.74, 6) is 0.0189. The topological polar surface area (TPSA) is 66.5 Å². The first-order valence-electron chi connectivity index (χ1n) is 9.12. The summed E-state index contributed by atoms with van der Waals surface area (Å²) in [6, 6.07) is 10.8. The van der Waals surface area contributed by atoms with Crippen LogP contribution in [0.5, 0.6) is 0 Å². The van der Waals surface area contributed by atoms with E-state index in [4.69, 9.17) is 11.6 Å². The molecule has 0 unspecified atom stereocenters. The van der Waals surface area contributed by atoms with Gasteiger partial charge in [0, 0.05) is 34.7 Å². The van der Waals surface area contributed by atoms with Crippen molar-refractivity contribution in [3.05, 3.63) is 62.6 Å². The van der Waals surface area contributed by atoms with Crippen LogP contribution in [-0.4, -0.2) is 20.9 Å². The Morgan fingerprint density at radius 1 is 1.18 bits per heavy atom. The van der Waals surface area contributed by atoms with Crippen LogP contribution in [-0.2, 0) is 33.5 Å². The second kappa shape index (κ2) is 8.95. The molecule has 0 spiro atoms. The maximum atomic E-state index is 12.5. The SMILES string of the molecule is CCCN1C(=O)CCc2cc(CNS(=O)(=O)Cc3ccc(Cl)cc3Br)ccc21. The molecule has 2 aromatic carbocycles. The Kier molecular flexibility index (Phi) is 6.81. The first-order chi connectivity index (χ1) is 13.3. The first-order valence-corrected chi connectivity index (χ1v) is 11.9. The number of benzene rings is 2. The molecule has 0 aromatic heterocycles. The molecule has 0 saturated carbocycles. The first kappa shape index (κ1) is 21.3. The summed E-state index contributed by atoms with van der Waals surface area (Å²) in [4.78, 5) is 14.0. The smallest absolute Gasteiger partial charge is 0.227 e. The Morgan fingerprint density at radius 3 is 2.68 bits per heavy atom. The zero-order valence-corrected chi connectivity index (χ0v) is 18.7. The van der Waals surface area contributed by atoms with Crippen LogP contribution in [0.25, 0.3) is 0 Å². The van der Waals surface area contributed by atoms with Gasteiger partial charge in [-0.1, -0.05) is 52.7 Å². The number of nitrogens with zero attached hydrogens (tertiary/aromatic N) is 1. The molecule has 0 aliphatic carbocycles. The molecule has 2 aromatic rings. The highest BCUT2D eigenvalue weighted by atomic mass is 79.9. The van der Waals surface area contributed by atoms with Gasteiger partial charge in [-0.15, -0.1) is 0 Å². The highest BCUT2D eigenvalue weighted by Crippen LogP contribution is 2.29. The summed E-state index contributed by atoms with van der Waals surface area (Å²) in [6.07, 6.45) is 2.08. The van der Waals surface area contributed by atoms with Crippen LogP contribution in [0.1, 0.15) is 36.5 Å². The van der Waals surface area contributed by atoms with Gasteiger partial charge in [-0.3, -0.25) is 4.79 Å². The van der Waals surface area contributed by atoms with Gasteiger partial charge < -0.3 is 4.90 Å². The van der Waals surface area contributed by atoms with Crippen LogP contribution < -0.4 is 9.62 Å². The monoisotopic (exact) mass is 484 g/mol. The van der Waals surface area contributed by atoms with Crippen molar-refractivity contribution < 1.29 is 13.2 Å². The Morgan fingerprint density at radius 2 is 1.96 bits per heavy atom. The van der Waals surface area contributed by atoms with Crippen molar-refractivity contribution in [2.75, 3.05) is 11.4 Å². The lowest BCUT2D eigenvalue weighted by atomic mass is 9.98. The van der Waals surface area contributed by atoms with Gasteiger partial charge in [-0.25, -0.2) is 13.1 Å². The van der Waals surface area contributed by atoms with Gasteiger partial charge in [-0.05, 0) is 47.7 Å². The van der Waals surface area contributed by atoms with Crippen LogP contribution in [0.15, 0.2) is 40.9 Å². The third-order valence-electron chi connectivity index (χ3n) is 4.65. The molecule has 5 nitrogen and oxygen atoms in total. The highest BCUT2D eigenvalue weighted by molar-refractivity contribution is 9.10. The van der Waals surface area contributed by atoms with Gasteiger partial charge >= 0.3 is 0 Å². The molecule has 1 heterocycles. The number of hydrogen-bond acceptors (Lipinski definition) is 3.